The summed E-state index contributed by atoms with van der Waals surface area (Å²) in [7, 11) is 0. The molecule has 7 nitrogen and oxygen atoms in total. The van der Waals surface area contributed by atoms with E-state index in [1.807, 2.05) is 0 Å². The van der Waals surface area contributed by atoms with Gasteiger partial charge in [-0.05, 0) is 19.3 Å². The summed E-state index contributed by atoms with van der Waals surface area (Å²) in [4.78, 5) is 26.9. The molecular formula is C13H16N6OS. The number of anilines is 3. The van der Waals surface area contributed by atoms with Gasteiger partial charge in [0.1, 0.15) is 17.0 Å². The lowest BCUT2D eigenvalue weighted by Crippen LogP contribution is -2.29. The molecule has 3 N–H and O–H groups in total. The molecule has 2 aromatic heterocycles. The third kappa shape index (κ3) is 3.10. The van der Waals surface area contributed by atoms with Crippen LogP contribution in [0.4, 0.5) is 16.6 Å². The summed E-state index contributed by atoms with van der Waals surface area (Å²) in [6.07, 6.45) is 8.04. The molecule has 1 aliphatic rings. The molecule has 2 aromatic rings. The van der Waals surface area contributed by atoms with Crippen molar-refractivity contribution in [2.75, 3.05) is 29.0 Å². The Hall–Kier alpha value is -2.22. The molecule has 21 heavy (non-hydrogen) atoms. The highest BCUT2D eigenvalue weighted by Crippen LogP contribution is 2.30. The molecule has 1 aliphatic heterocycles. The molecule has 0 aromatic carbocycles. The number of aromatic nitrogens is 3. The molecule has 0 bridgehead atoms. The third-order valence-electron chi connectivity index (χ3n) is 3.29. The fourth-order valence-corrected chi connectivity index (χ4v) is 3.19. The quantitative estimate of drug-likeness (QED) is 0.896. The molecule has 0 spiro atoms. The van der Waals surface area contributed by atoms with Gasteiger partial charge in [0.15, 0.2) is 5.13 Å². The molecule has 0 aliphatic carbocycles. The zero-order chi connectivity index (χ0) is 14.7. The summed E-state index contributed by atoms with van der Waals surface area (Å²) in [5.41, 5.74) is 6.42. The molecule has 0 saturated carbocycles. The average molecular weight is 304 g/mol. The van der Waals surface area contributed by atoms with Crippen LogP contribution in [0.1, 0.15) is 28.9 Å². The van der Waals surface area contributed by atoms with Crippen LogP contribution in [0.15, 0.2) is 18.7 Å². The highest BCUT2D eigenvalue weighted by Gasteiger charge is 2.21. The molecule has 8 heteroatoms. The Morgan fingerprint density at radius 3 is 2.67 bits per heavy atom. The second kappa shape index (κ2) is 6.04. The Bertz CT molecular complexity index is 623. The molecule has 0 unspecified atom stereocenters. The smallest absolute Gasteiger partial charge is 0.269 e. The first-order valence-corrected chi connectivity index (χ1v) is 7.63. The van der Waals surface area contributed by atoms with Crippen LogP contribution in [0.3, 0.4) is 0 Å². The molecule has 0 radical (unpaired) electrons. The van der Waals surface area contributed by atoms with Crippen LogP contribution in [-0.4, -0.2) is 33.9 Å². The summed E-state index contributed by atoms with van der Waals surface area (Å²) in [6.45, 7) is 1.95. The van der Waals surface area contributed by atoms with Crippen LogP contribution in [0.2, 0.25) is 0 Å². The lowest BCUT2D eigenvalue weighted by atomic mass is 10.1. The highest BCUT2D eigenvalue weighted by atomic mass is 32.1. The predicted octanol–water partition coefficient (Wildman–Crippen LogP) is 1.76. The minimum atomic E-state index is -0.275. The van der Waals surface area contributed by atoms with Crippen LogP contribution < -0.4 is 16.0 Å². The minimum Gasteiger partial charge on any atom is -0.382 e. The van der Waals surface area contributed by atoms with E-state index in [4.69, 9.17) is 5.73 Å². The number of carbonyl (C=O) groups is 1. The van der Waals surface area contributed by atoms with Crippen LogP contribution >= 0.6 is 11.3 Å². The Morgan fingerprint density at radius 1 is 1.24 bits per heavy atom. The van der Waals surface area contributed by atoms with Crippen molar-refractivity contribution in [1.82, 2.24) is 15.0 Å². The largest absolute Gasteiger partial charge is 0.382 e. The van der Waals surface area contributed by atoms with Crippen LogP contribution in [0.5, 0.6) is 0 Å². The molecule has 0 atom stereocenters. The number of amides is 1. The summed E-state index contributed by atoms with van der Waals surface area (Å²) in [6, 6.07) is 0. The summed E-state index contributed by atoms with van der Waals surface area (Å²) < 4.78 is 0. The number of thiazole rings is 1. The maximum absolute atomic E-state index is 12.2. The molecule has 3 rings (SSSR count). The predicted molar refractivity (Wildman–Crippen MR) is 82.6 cm³/mol. The third-order valence-corrected chi connectivity index (χ3v) is 4.42. The van der Waals surface area contributed by atoms with E-state index in [2.05, 4.69) is 25.2 Å². The van der Waals surface area contributed by atoms with Gasteiger partial charge in [-0.1, -0.05) is 11.3 Å². The number of hydrogen-bond donors (Lipinski definition) is 2. The van der Waals surface area contributed by atoms with E-state index < -0.39 is 0 Å². The second-order valence-electron chi connectivity index (χ2n) is 4.84. The van der Waals surface area contributed by atoms with E-state index in [0.29, 0.717) is 10.6 Å². The second-order valence-corrected chi connectivity index (χ2v) is 5.82. The lowest BCUT2D eigenvalue weighted by Gasteiger charge is -2.25. The number of nitrogens with two attached hydrogens (primary N) is 1. The van der Waals surface area contributed by atoms with Gasteiger partial charge in [-0.2, -0.15) is 0 Å². The molecular weight excluding hydrogens is 288 g/mol. The maximum atomic E-state index is 12.2. The Labute approximate surface area is 126 Å². The van der Waals surface area contributed by atoms with Crippen LogP contribution in [0.25, 0.3) is 0 Å². The number of hydrogen-bond acceptors (Lipinski definition) is 7. The fraction of sp³-hybridized carbons (Fsp3) is 0.385. The summed E-state index contributed by atoms with van der Waals surface area (Å²) in [5, 5.41) is 3.54. The van der Waals surface area contributed by atoms with Crippen molar-refractivity contribution < 1.29 is 4.79 Å². The van der Waals surface area contributed by atoms with Crippen LogP contribution in [-0.2, 0) is 0 Å². The van der Waals surface area contributed by atoms with Gasteiger partial charge >= 0.3 is 0 Å². The van der Waals surface area contributed by atoms with Gasteiger partial charge in [-0.15, -0.1) is 0 Å². The zero-order valence-electron chi connectivity index (χ0n) is 11.5. The van der Waals surface area contributed by atoms with E-state index in [1.165, 1.54) is 36.5 Å². The Balaban J connectivity index is 1.75. The van der Waals surface area contributed by atoms with Crippen molar-refractivity contribution in [3.63, 3.8) is 0 Å². The highest BCUT2D eigenvalue weighted by molar-refractivity contribution is 7.18. The molecule has 1 saturated heterocycles. The maximum Gasteiger partial charge on any atom is 0.269 e. The number of carbonyl (C=O) groups excluding carboxylic acids is 1. The van der Waals surface area contributed by atoms with E-state index in [9.17, 15) is 4.79 Å². The van der Waals surface area contributed by atoms with Crippen molar-refractivity contribution in [2.45, 2.75) is 19.3 Å². The molecule has 110 valence electrons. The van der Waals surface area contributed by atoms with Crippen LogP contribution in [0, 0.1) is 0 Å². The van der Waals surface area contributed by atoms with E-state index in [-0.39, 0.29) is 11.7 Å². The first-order chi connectivity index (χ1) is 10.2. The first kappa shape index (κ1) is 13.7. The van der Waals surface area contributed by atoms with Gasteiger partial charge in [0.2, 0.25) is 0 Å². The molecule has 3 heterocycles. The number of nitrogens with one attached hydrogen (secondary N) is 1. The van der Waals surface area contributed by atoms with Crippen molar-refractivity contribution in [3.8, 4) is 0 Å². The normalized spacial score (nSPS) is 15.0. The van der Waals surface area contributed by atoms with Gasteiger partial charge in [0.25, 0.3) is 5.91 Å². The topological polar surface area (TPSA) is 97.0 Å². The average Bonchev–Trinajstić information content (AvgIpc) is 2.91. The van der Waals surface area contributed by atoms with Crippen molar-refractivity contribution >= 4 is 33.9 Å². The van der Waals surface area contributed by atoms with E-state index in [0.717, 1.165) is 31.1 Å². The number of nitrogen functional groups attached to an aromatic ring is 1. The van der Waals surface area contributed by atoms with Crippen molar-refractivity contribution in [1.29, 1.82) is 0 Å². The van der Waals surface area contributed by atoms with Gasteiger partial charge in [0.05, 0.1) is 18.1 Å². The van der Waals surface area contributed by atoms with Crippen molar-refractivity contribution in [2.24, 2.45) is 0 Å². The number of nitrogens with zero attached hydrogens (tertiary/aromatic N) is 4. The van der Waals surface area contributed by atoms with E-state index in [1.54, 1.807) is 0 Å². The monoisotopic (exact) mass is 304 g/mol. The summed E-state index contributed by atoms with van der Waals surface area (Å²) in [5.74, 6) is -0.00187. The standard InChI is InChI=1S/C13H16N6OS/c14-11-10(12(20)17-9-6-15-8-16-7-9)21-13(18-11)19-4-2-1-3-5-19/h6-8H,1-5,14H2,(H,17,20). The summed E-state index contributed by atoms with van der Waals surface area (Å²) >= 11 is 1.33. The SMILES string of the molecule is Nc1nc(N2CCCCC2)sc1C(=O)Nc1cncnc1. The van der Waals surface area contributed by atoms with Crippen molar-refractivity contribution in [3.05, 3.63) is 23.6 Å². The Morgan fingerprint density at radius 2 is 1.95 bits per heavy atom. The first-order valence-electron chi connectivity index (χ1n) is 6.81. The number of rotatable bonds is 3. The molecule has 1 amide bonds. The van der Waals surface area contributed by atoms with E-state index >= 15 is 0 Å². The lowest BCUT2D eigenvalue weighted by molar-refractivity contribution is 0.103. The van der Waals surface area contributed by atoms with Gasteiger partial charge in [-0.25, -0.2) is 15.0 Å². The molecule has 1 fully saturated rings. The number of piperidine rings is 1. The fourth-order valence-electron chi connectivity index (χ4n) is 2.25. The Kier molecular flexibility index (Phi) is 3.96. The van der Waals surface area contributed by atoms with Gasteiger partial charge in [0, 0.05) is 13.1 Å². The minimum absolute atomic E-state index is 0.273. The van der Waals surface area contributed by atoms with Gasteiger partial charge < -0.3 is 16.0 Å². The zero-order valence-corrected chi connectivity index (χ0v) is 12.3. The van der Waals surface area contributed by atoms with Gasteiger partial charge in [-0.3, -0.25) is 4.79 Å².